The summed E-state index contributed by atoms with van der Waals surface area (Å²) in [6, 6.07) is 11.9. The number of rotatable bonds is 2. The van der Waals surface area contributed by atoms with Crippen LogP contribution in [0.15, 0.2) is 42.2 Å². The van der Waals surface area contributed by atoms with E-state index in [1.807, 2.05) is 44.2 Å². The largest absolute Gasteiger partial charge is 0.509 e. The Morgan fingerprint density at radius 2 is 1.56 bits per heavy atom. The Kier molecular flexibility index (Phi) is 4.51. The summed E-state index contributed by atoms with van der Waals surface area (Å²) >= 11 is 6.01. The van der Waals surface area contributed by atoms with E-state index in [-0.39, 0.29) is 11.7 Å². The molecule has 2 aromatic carbocycles. The average molecular weight is 382 g/mol. The van der Waals surface area contributed by atoms with E-state index in [9.17, 15) is 9.90 Å². The fourth-order valence-corrected chi connectivity index (χ4v) is 4.60. The van der Waals surface area contributed by atoms with Gasteiger partial charge in [0.25, 0.3) is 5.91 Å². The fourth-order valence-electron chi connectivity index (χ4n) is 4.48. The van der Waals surface area contributed by atoms with Crippen molar-refractivity contribution in [2.45, 2.75) is 51.5 Å². The molecule has 1 aliphatic heterocycles. The molecule has 2 N–H and O–H groups in total. The first-order valence-corrected chi connectivity index (χ1v) is 9.93. The van der Waals surface area contributed by atoms with Crippen LogP contribution in [0.25, 0.3) is 16.7 Å². The van der Waals surface area contributed by atoms with E-state index in [1.165, 1.54) is 0 Å². The van der Waals surface area contributed by atoms with Gasteiger partial charge in [-0.2, -0.15) is 0 Å². The smallest absolute Gasteiger partial charge is 0.256 e. The number of aliphatic hydroxyl groups excluding tert-OH is 1. The first-order valence-electron chi connectivity index (χ1n) is 9.55. The molecule has 1 spiro atoms. The highest BCUT2D eigenvalue weighted by Gasteiger charge is 2.46. The Morgan fingerprint density at radius 1 is 0.963 bits per heavy atom. The molecule has 1 amide bonds. The number of hydrogen-bond acceptors (Lipinski definition) is 2. The minimum atomic E-state index is -0.556. The molecule has 0 bridgehead atoms. The Bertz CT molecular complexity index is 938. The molecule has 2 aliphatic rings. The lowest BCUT2D eigenvalue weighted by Crippen LogP contribution is -2.46. The van der Waals surface area contributed by atoms with E-state index in [1.54, 1.807) is 0 Å². The number of aliphatic hydroxyl groups is 1. The molecule has 1 fully saturated rings. The lowest BCUT2D eigenvalue weighted by atomic mass is 9.80. The molecule has 0 unspecified atom stereocenters. The number of hydrogen-bond donors (Lipinski definition) is 2. The lowest BCUT2D eigenvalue weighted by molar-refractivity contribution is -0.116. The maximum atomic E-state index is 12.8. The molecule has 140 valence electrons. The number of aryl methyl sites for hydroxylation is 2. The molecule has 3 nitrogen and oxygen atoms in total. The summed E-state index contributed by atoms with van der Waals surface area (Å²) in [5.41, 5.74) is 4.96. The monoisotopic (exact) mass is 381 g/mol. The Balaban J connectivity index is 1.79. The number of carbonyl (C=O) groups is 1. The maximum absolute atomic E-state index is 12.8. The Morgan fingerprint density at radius 3 is 2.22 bits per heavy atom. The van der Waals surface area contributed by atoms with Gasteiger partial charge in [0.1, 0.15) is 5.76 Å². The molecule has 4 rings (SSSR count). The molecule has 0 aromatic heterocycles. The van der Waals surface area contributed by atoms with Gasteiger partial charge in [0.15, 0.2) is 0 Å². The maximum Gasteiger partial charge on any atom is 0.256 e. The Labute approximate surface area is 165 Å². The molecule has 1 saturated carbocycles. The normalized spacial score (nSPS) is 18.9. The van der Waals surface area contributed by atoms with Crippen LogP contribution in [0.3, 0.4) is 0 Å². The number of nitrogens with one attached hydrogen (secondary N) is 1. The molecule has 1 heterocycles. The van der Waals surface area contributed by atoms with Crippen molar-refractivity contribution in [1.82, 2.24) is 5.32 Å². The third-order valence-electron chi connectivity index (χ3n) is 5.97. The van der Waals surface area contributed by atoms with Crippen LogP contribution in [0.4, 0.5) is 0 Å². The van der Waals surface area contributed by atoms with E-state index >= 15 is 0 Å². The van der Waals surface area contributed by atoms with Crippen molar-refractivity contribution < 1.29 is 9.90 Å². The highest BCUT2D eigenvalue weighted by molar-refractivity contribution is 6.30. The SMILES string of the molecule is Cc1cc(-c2ccc(Cl)cc2)c(C)cc1C1=C(O)C2(CCCCC2)NC1=O. The topological polar surface area (TPSA) is 49.3 Å². The second-order valence-corrected chi connectivity index (χ2v) is 8.25. The molecule has 0 radical (unpaired) electrons. The minimum Gasteiger partial charge on any atom is -0.509 e. The number of carbonyl (C=O) groups excluding carboxylic acids is 1. The third kappa shape index (κ3) is 3.04. The van der Waals surface area contributed by atoms with E-state index in [2.05, 4.69) is 11.4 Å². The molecule has 0 saturated heterocycles. The number of halogens is 1. The zero-order valence-corrected chi connectivity index (χ0v) is 16.5. The highest BCUT2D eigenvalue weighted by atomic mass is 35.5. The van der Waals surface area contributed by atoms with Crippen LogP contribution in [0.1, 0.15) is 48.8 Å². The van der Waals surface area contributed by atoms with Crippen LogP contribution in [-0.2, 0) is 4.79 Å². The molecule has 1 aliphatic carbocycles. The van der Waals surface area contributed by atoms with Gasteiger partial charge in [-0.3, -0.25) is 4.79 Å². The van der Waals surface area contributed by atoms with Gasteiger partial charge in [0.2, 0.25) is 0 Å². The quantitative estimate of drug-likeness (QED) is 0.698. The summed E-state index contributed by atoms with van der Waals surface area (Å²) in [7, 11) is 0. The van der Waals surface area contributed by atoms with E-state index < -0.39 is 5.54 Å². The van der Waals surface area contributed by atoms with E-state index in [0.29, 0.717) is 10.6 Å². The van der Waals surface area contributed by atoms with Crippen LogP contribution in [0.5, 0.6) is 0 Å². The zero-order chi connectivity index (χ0) is 19.2. The number of amides is 1. The molecular formula is C23H24ClNO2. The molecule has 2 aromatic rings. The summed E-state index contributed by atoms with van der Waals surface area (Å²) in [5.74, 6) is 0.0742. The third-order valence-corrected chi connectivity index (χ3v) is 6.22. The van der Waals surface area contributed by atoms with Crippen LogP contribution in [-0.4, -0.2) is 16.6 Å². The van der Waals surface area contributed by atoms with Gasteiger partial charge < -0.3 is 10.4 Å². The summed E-state index contributed by atoms with van der Waals surface area (Å²) in [6.45, 7) is 4.03. The van der Waals surface area contributed by atoms with Gasteiger partial charge in [-0.25, -0.2) is 0 Å². The predicted octanol–water partition coefficient (Wildman–Crippen LogP) is 5.73. The highest BCUT2D eigenvalue weighted by Crippen LogP contribution is 2.42. The van der Waals surface area contributed by atoms with Crippen molar-refractivity contribution in [3.05, 3.63) is 63.9 Å². The molecule has 27 heavy (non-hydrogen) atoms. The van der Waals surface area contributed by atoms with Crippen molar-refractivity contribution in [3.63, 3.8) is 0 Å². The van der Waals surface area contributed by atoms with Crippen LogP contribution < -0.4 is 5.32 Å². The summed E-state index contributed by atoms with van der Waals surface area (Å²) in [6.07, 6.45) is 4.86. The standard InChI is InChI=1S/C23H24ClNO2/c1-14-13-19(15(2)12-18(14)16-6-8-17(24)9-7-16)20-21(26)23(25-22(20)27)10-4-3-5-11-23/h6-9,12-13,26H,3-5,10-11H2,1-2H3,(H,25,27). The molecular weight excluding hydrogens is 358 g/mol. The second kappa shape index (κ2) is 6.72. The van der Waals surface area contributed by atoms with Crippen molar-refractivity contribution in [2.75, 3.05) is 0 Å². The van der Waals surface area contributed by atoms with Gasteiger partial charge in [-0.05, 0) is 66.6 Å². The summed E-state index contributed by atoms with van der Waals surface area (Å²) < 4.78 is 0. The second-order valence-electron chi connectivity index (χ2n) is 7.81. The van der Waals surface area contributed by atoms with Gasteiger partial charge in [0.05, 0.1) is 11.1 Å². The van der Waals surface area contributed by atoms with Gasteiger partial charge in [-0.1, -0.05) is 55.1 Å². The summed E-state index contributed by atoms with van der Waals surface area (Å²) in [4.78, 5) is 12.8. The minimum absolute atomic E-state index is 0.156. The predicted molar refractivity (Wildman–Crippen MR) is 110 cm³/mol. The molecule has 0 atom stereocenters. The van der Waals surface area contributed by atoms with Crippen molar-refractivity contribution >= 4 is 23.1 Å². The van der Waals surface area contributed by atoms with E-state index in [4.69, 9.17) is 11.6 Å². The van der Waals surface area contributed by atoms with Gasteiger partial charge in [0, 0.05) is 5.02 Å². The zero-order valence-electron chi connectivity index (χ0n) is 15.7. The van der Waals surface area contributed by atoms with Gasteiger partial charge in [-0.15, -0.1) is 0 Å². The van der Waals surface area contributed by atoms with Crippen molar-refractivity contribution in [1.29, 1.82) is 0 Å². The van der Waals surface area contributed by atoms with Crippen LogP contribution in [0, 0.1) is 13.8 Å². The average Bonchev–Trinajstić information content (AvgIpc) is 2.88. The van der Waals surface area contributed by atoms with Crippen molar-refractivity contribution in [3.8, 4) is 11.1 Å². The summed E-state index contributed by atoms with van der Waals surface area (Å²) in [5, 5.41) is 14.8. The first-order chi connectivity index (χ1) is 12.9. The van der Waals surface area contributed by atoms with Gasteiger partial charge >= 0.3 is 0 Å². The lowest BCUT2D eigenvalue weighted by Gasteiger charge is -2.33. The molecule has 4 heteroatoms. The first kappa shape index (κ1) is 18.1. The van der Waals surface area contributed by atoms with Crippen LogP contribution in [0.2, 0.25) is 5.02 Å². The number of benzene rings is 2. The fraction of sp³-hybridized carbons (Fsp3) is 0.348. The van der Waals surface area contributed by atoms with Crippen LogP contribution >= 0.6 is 11.6 Å². The Hall–Kier alpha value is -2.26. The van der Waals surface area contributed by atoms with E-state index in [0.717, 1.165) is 59.9 Å². The van der Waals surface area contributed by atoms with Crippen molar-refractivity contribution in [2.24, 2.45) is 0 Å².